The van der Waals surface area contributed by atoms with Gasteiger partial charge in [-0.05, 0) is 56.5 Å². The van der Waals surface area contributed by atoms with Gasteiger partial charge in [0.2, 0.25) is 5.91 Å². The van der Waals surface area contributed by atoms with E-state index in [1.54, 1.807) is 0 Å². The molecular weight excluding hydrogens is 236 g/mol. The van der Waals surface area contributed by atoms with E-state index in [-0.39, 0.29) is 11.8 Å². The van der Waals surface area contributed by atoms with Crippen LogP contribution < -0.4 is 10.6 Å². The number of carbonyl (C=O) groups excluding carboxylic acids is 1. The summed E-state index contributed by atoms with van der Waals surface area (Å²) in [6, 6.07) is 4.05. The number of anilines is 1. The van der Waals surface area contributed by atoms with Gasteiger partial charge in [-0.15, -0.1) is 0 Å². The van der Waals surface area contributed by atoms with Crippen molar-refractivity contribution in [1.29, 1.82) is 0 Å². The lowest BCUT2D eigenvalue weighted by molar-refractivity contribution is -0.120. The Labute approximate surface area is 116 Å². The number of nitrogens with one attached hydrogen (secondary N) is 2. The van der Waals surface area contributed by atoms with Gasteiger partial charge in [-0.3, -0.25) is 4.79 Å². The summed E-state index contributed by atoms with van der Waals surface area (Å²) in [5.74, 6) is 0.404. The summed E-state index contributed by atoms with van der Waals surface area (Å²) < 4.78 is 0. The zero-order valence-electron chi connectivity index (χ0n) is 12.9. The Morgan fingerprint density at radius 3 is 2.32 bits per heavy atom. The lowest BCUT2D eigenvalue weighted by Crippen LogP contribution is -2.34. The van der Waals surface area contributed by atoms with Gasteiger partial charge in [-0.1, -0.05) is 19.9 Å². The highest BCUT2D eigenvalue weighted by Crippen LogP contribution is 2.23. The number of hydrogen-bond acceptors (Lipinski definition) is 2. The van der Waals surface area contributed by atoms with Gasteiger partial charge in [-0.2, -0.15) is 0 Å². The highest BCUT2D eigenvalue weighted by Gasteiger charge is 2.22. The van der Waals surface area contributed by atoms with Crippen LogP contribution in [0, 0.1) is 32.6 Å². The van der Waals surface area contributed by atoms with Gasteiger partial charge in [0, 0.05) is 12.2 Å². The highest BCUT2D eigenvalue weighted by atomic mass is 16.1. The van der Waals surface area contributed by atoms with Crippen molar-refractivity contribution in [2.45, 2.75) is 34.6 Å². The molecular formula is C16H26N2O. The van der Waals surface area contributed by atoms with Crippen LogP contribution in [0.15, 0.2) is 12.1 Å². The van der Waals surface area contributed by atoms with Crippen LogP contribution in [0.5, 0.6) is 0 Å². The third kappa shape index (κ3) is 3.80. The monoisotopic (exact) mass is 262 g/mol. The predicted octanol–water partition coefficient (Wildman–Crippen LogP) is 3.04. The number of aryl methyl sites for hydroxylation is 1. The maximum atomic E-state index is 12.3. The molecule has 0 aromatic heterocycles. The minimum absolute atomic E-state index is 0.00832. The Bertz CT molecular complexity index is 452. The van der Waals surface area contributed by atoms with Crippen LogP contribution in [0.2, 0.25) is 0 Å². The summed E-state index contributed by atoms with van der Waals surface area (Å²) in [6.07, 6.45) is 0. The lowest BCUT2D eigenvalue weighted by atomic mass is 9.94. The average Bonchev–Trinajstić information content (AvgIpc) is 2.36. The van der Waals surface area contributed by atoms with E-state index in [1.807, 2.05) is 13.1 Å². The molecule has 1 unspecified atom stereocenters. The highest BCUT2D eigenvalue weighted by molar-refractivity contribution is 5.93. The van der Waals surface area contributed by atoms with Crippen molar-refractivity contribution in [2.24, 2.45) is 11.8 Å². The molecule has 1 atom stereocenters. The number of benzene rings is 1. The van der Waals surface area contributed by atoms with Crippen molar-refractivity contribution in [2.75, 3.05) is 18.9 Å². The topological polar surface area (TPSA) is 41.1 Å². The largest absolute Gasteiger partial charge is 0.326 e. The van der Waals surface area contributed by atoms with E-state index >= 15 is 0 Å². The fourth-order valence-electron chi connectivity index (χ4n) is 2.17. The van der Waals surface area contributed by atoms with E-state index in [4.69, 9.17) is 0 Å². The Kier molecular flexibility index (Phi) is 5.55. The predicted molar refractivity (Wildman–Crippen MR) is 81.5 cm³/mol. The van der Waals surface area contributed by atoms with Gasteiger partial charge in [0.25, 0.3) is 0 Å². The lowest BCUT2D eigenvalue weighted by Gasteiger charge is -2.21. The summed E-state index contributed by atoms with van der Waals surface area (Å²) in [7, 11) is 1.88. The normalized spacial score (nSPS) is 12.6. The van der Waals surface area contributed by atoms with E-state index in [1.165, 1.54) is 11.1 Å². The zero-order chi connectivity index (χ0) is 14.6. The Hall–Kier alpha value is -1.35. The van der Waals surface area contributed by atoms with Gasteiger partial charge >= 0.3 is 0 Å². The molecule has 0 bridgehead atoms. The van der Waals surface area contributed by atoms with Crippen LogP contribution in [-0.2, 0) is 4.79 Å². The van der Waals surface area contributed by atoms with Crippen molar-refractivity contribution in [3.05, 3.63) is 28.8 Å². The number of hydrogen-bond donors (Lipinski definition) is 2. The Morgan fingerprint density at radius 1 is 1.16 bits per heavy atom. The molecule has 0 spiro atoms. The Morgan fingerprint density at radius 2 is 1.79 bits per heavy atom. The molecule has 0 radical (unpaired) electrons. The third-order valence-corrected chi connectivity index (χ3v) is 3.88. The summed E-state index contributed by atoms with van der Waals surface area (Å²) >= 11 is 0. The molecule has 0 heterocycles. The fraction of sp³-hybridized carbons (Fsp3) is 0.562. The molecule has 2 N–H and O–H groups in total. The molecule has 1 aromatic rings. The summed E-state index contributed by atoms with van der Waals surface area (Å²) in [6.45, 7) is 11.1. The number of carbonyl (C=O) groups is 1. The molecule has 0 aliphatic rings. The third-order valence-electron chi connectivity index (χ3n) is 3.88. The van der Waals surface area contributed by atoms with E-state index in [9.17, 15) is 4.79 Å². The van der Waals surface area contributed by atoms with Crippen LogP contribution in [0.3, 0.4) is 0 Å². The second kappa shape index (κ2) is 6.71. The SMILES string of the molecule is CNCC(C(=O)Nc1ccc(C)c(C)c1C)C(C)C. The van der Waals surface area contributed by atoms with E-state index in [0.717, 1.165) is 11.3 Å². The van der Waals surface area contributed by atoms with Gasteiger partial charge in [0.05, 0.1) is 5.92 Å². The molecule has 0 fully saturated rings. The van der Waals surface area contributed by atoms with Gasteiger partial charge in [-0.25, -0.2) is 0 Å². The van der Waals surface area contributed by atoms with Crippen LogP contribution >= 0.6 is 0 Å². The van der Waals surface area contributed by atoms with Crippen LogP contribution in [-0.4, -0.2) is 19.5 Å². The maximum absolute atomic E-state index is 12.3. The molecule has 0 aliphatic carbocycles. The molecule has 3 nitrogen and oxygen atoms in total. The van der Waals surface area contributed by atoms with E-state index in [2.05, 4.69) is 51.3 Å². The second-order valence-electron chi connectivity index (χ2n) is 5.58. The quantitative estimate of drug-likeness (QED) is 0.856. The van der Waals surface area contributed by atoms with Crippen molar-refractivity contribution in [1.82, 2.24) is 5.32 Å². The molecule has 0 aliphatic heterocycles. The summed E-state index contributed by atoms with van der Waals surface area (Å²) in [5, 5.41) is 6.16. The standard InChI is InChI=1S/C16H26N2O/c1-10(2)14(9-17-6)16(19)18-15-8-7-11(3)12(4)13(15)5/h7-8,10,14,17H,9H2,1-6H3,(H,18,19). The molecule has 19 heavy (non-hydrogen) atoms. The molecule has 106 valence electrons. The maximum Gasteiger partial charge on any atom is 0.229 e. The van der Waals surface area contributed by atoms with Crippen LogP contribution in [0.4, 0.5) is 5.69 Å². The van der Waals surface area contributed by atoms with Crippen molar-refractivity contribution >= 4 is 11.6 Å². The van der Waals surface area contributed by atoms with Crippen molar-refractivity contribution in [3.8, 4) is 0 Å². The first-order chi connectivity index (χ1) is 8.88. The molecule has 1 aromatic carbocycles. The number of amides is 1. The Balaban J connectivity index is 2.90. The van der Waals surface area contributed by atoms with Gasteiger partial charge in [0.1, 0.15) is 0 Å². The molecule has 1 amide bonds. The molecule has 3 heteroatoms. The molecule has 0 saturated heterocycles. The summed E-state index contributed by atoms with van der Waals surface area (Å²) in [4.78, 5) is 12.3. The van der Waals surface area contributed by atoms with Crippen LogP contribution in [0.1, 0.15) is 30.5 Å². The van der Waals surface area contributed by atoms with Gasteiger partial charge in [0.15, 0.2) is 0 Å². The van der Waals surface area contributed by atoms with Crippen molar-refractivity contribution in [3.63, 3.8) is 0 Å². The zero-order valence-corrected chi connectivity index (χ0v) is 12.9. The van der Waals surface area contributed by atoms with Gasteiger partial charge < -0.3 is 10.6 Å². The average molecular weight is 262 g/mol. The fourth-order valence-corrected chi connectivity index (χ4v) is 2.17. The minimum Gasteiger partial charge on any atom is -0.326 e. The van der Waals surface area contributed by atoms with Crippen molar-refractivity contribution < 1.29 is 4.79 Å². The first-order valence-electron chi connectivity index (χ1n) is 6.90. The first kappa shape index (κ1) is 15.7. The van der Waals surface area contributed by atoms with E-state index < -0.39 is 0 Å². The summed E-state index contributed by atoms with van der Waals surface area (Å²) in [5.41, 5.74) is 4.58. The smallest absolute Gasteiger partial charge is 0.229 e. The molecule has 1 rings (SSSR count). The first-order valence-corrected chi connectivity index (χ1v) is 6.90. The van der Waals surface area contributed by atoms with Crippen LogP contribution in [0.25, 0.3) is 0 Å². The van der Waals surface area contributed by atoms with E-state index in [0.29, 0.717) is 12.5 Å². The number of rotatable bonds is 5. The second-order valence-corrected chi connectivity index (χ2v) is 5.58. The minimum atomic E-state index is -0.00832. The molecule has 0 saturated carbocycles.